The molecule has 1 saturated heterocycles. The van der Waals surface area contributed by atoms with Crippen LogP contribution in [0.1, 0.15) is 22.8 Å². The zero-order chi connectivity index (χ0) is 18.7. The number of sulfonamides is 1. The molecule has 0 aliphatic carbocycles. The number of piperazine rings is 1. The third kappa shape index (κ3) is 5.00. The average molecular weight is 410 g/mol. The Hall–Kier alpha value is -2.09. The van der Waals surface area contributed by atoms with E-state index in [9.17, 15) is 13.2 Å². The molecule has 1 amide bonds. The van der Waals surface area contributed by atoms with Gasteiger partial charge in [-0.2, -0.15) is 0 Å². The zero-order valence-electron chi connectivity index (χ0n) is 15.3. The maximum Gasteiger partial charge on any atom is 0.261 e. The topological polar surface area (TPSA) is 78.5 Å². The second-order valence-electron chi connectivity index (χ2n) is 6.55. The lowest BCUT2D eigenvalue weighted by Crippen LogP contribution is -2.52. The molecule has 1 atom stereocenters. The molecule has 2 N–H and O–H groups in total. The van der Waals surface area contributed by atoms with Crippen molar-refractivity contribution in [2.45, 2.75) is 24.8 Å². The number of halogens is 1. The number of benzene rings is 2. The summed E-state index contributed by atoms with van der Waals surface area (Å²) in [6, 6.07) is 13.4. The van der Waals surface area contributed by atoms with Gasteiger partial charge in [0.15, 0.2) is 0 Å². The van der Waals surface area contributed by atoms with Crippen LogP contribution in [0, 0.1) is 6.92 Å². The first-order valence-electron chi connectivity index (χ1n) is 8.58. The minimum Gasteiger partial charge on any atom is -0.333 e. The van der Waals surface area contributed by atoms with Crippen LogP contribution in [0.5, 0.6) is 0 Å². The van der Waals surface area contributed by atoms with Crippen molar-refractivity contribution in [3.63, 3.8) is 0 Å². The van der Waals surface area contributed by atoms with Crippen LogP contribution in [0.3, 0.4) is 0 Å². The van der Waals surface area contributed by atoms with Gasteiger partial charge in [-0.05, 0) is 49.7 Å². The number of hydrogen-bond acceptors (Lipinski definition) is 4. The highest BCUT2D eigenvalue weighted by Crippen LogP contribution is 2.19. The molecule has 0 aromatic heterocycles. The van der Waals surface area contributed by atoms with Gasteiger partial charge in [0.25, 0.3) is 15.9 Å². The van der Waals surface area contributed by atoms with Gasteiger partial charge in [0.1, 0.15) is 0 Å². The quantitative estimate of drug-likeness (QED) is 0.813. The van der Waals surface area contributed by atoms with E-state index in [4.69, 9.17) is 0 Å². The van der Waals surface area contributed by atoms with E-state index in [1.54, 1.807) is 35.2 Å². The van der Waals surface area contributed by atoms with Crippen molar-refractivity contribution in [3.8, 4) is 0 Å². The van der Waals surface area contributed by atoms with Gasteiger partial charge >= 0.3 is 0 Å². The maximum absolute atomic E-state index is 12.8. The van der Waals surface area contributed by atoms with E-state index in [0.717, 1.165) is 18.7 Å². The summed E-state index contributed by atoms with van der Waals surface area (Å²) in [4.78, 5) is 14.6. The molecule has 1 heterocycles. The lowest BCUT2D eigenvalue weighted by molar-refractivity contribution is 0.0655. The maximum atomic E-state index is 12.8. The van der Waals surface area contributed by atoms with E-state index < -0.39 is 10.0 Å². The van der Waals surface area contributed by atoms with E-state index >= 15 is 0 Å². The Morgan fingerprint density at radius 2 is 1.93 bits per heavy atom. The molecule has 0 unspecified atom stereocenters. The third-order valence-corrected chi connectivity index (χ3v) is 5.80. The van der Waals surface area contributed by atoms with Crippen molar-refractivity contribution >= 4 is 34.0 Å². The second-order valence-corrected chi connectivity index (χ2v) is 8.24. The number of carbonyl (C=O) groups excluding carboxylic acids is 1. The summed E-state index contributed by atoms with van der Waals surface area (Å²) >= 11 is 0. The van der Waals surface area contributed by atoms with Crippen LogP contribution in [0.15, 0.2) is 53.4 Å². The van der Waals surface area contributed by atoms with Crippen molar-refractivity contribution in [2.75, 3.05) is 24.4 Å². The minimum atomic E-state index is -3.76. The van der Waals surface area contributed by atoms with Crippen molar-refractivity contribution in [1.29, 1.82) is 0 Å². The van der Waals surface area contributed by atoms with Gasteiger partial charge in [-0.25, -0.2) is 8.42 Å². The highest BCUT2D eigenvalue weighted by molar-refractivity contribution is 7.92. The predicted molar refractivity (Wildman–Crippen MR) is 109 cm³/mol. The standard InChI is InChI=1S/C19H23N3O3S.ClH/c1-14-5-3-7-17(11-14)21-26(24,25)18-8-4-6-16(12-18)19(23)22-10-9-20-13-15(22)2;/h3-8,11-12,15,20-21H,9-10,13H2,1-2H3;1H/t15-;/m0./s1. The summed E-state index contributed by atoms with van der Waals surface area (Å²) in [5.41, 5.74) is 1.84. The number of aryl methyl sites for hydroxylation is 1. The SMILES string of the molecule is Cc1cccc(NS(=O)(=O)c2cccc(C(=O)N3CCNC[C@@H]3C)c2)c1.Cl. The molecule has 2 aromatic rings. The highest BCUT2D eigenvalue weighted by Gasteiger charge is 2.25. The lowest BCUT2D eigenvalue weighted by Gasteiger charge is -2.34. The molecule has 0 saturated carbocycles. The Labute approximate surface area is 166 Å². The van der Waals surface area contributed by atoms with Crippen LogP contribution in [0.2, 0.25) is 0 Å². The third-order valence-electron chi connectivity index (χ3n) is 4.42. The first-order chi connectivity index (χ1) is 12.4. The molecular formula is C19H24ClN3O3S. The van der Waals surface area contributed by atoms with Gasteiger partial charge in [0, 0.05) is 36.9 Å². The molecule has 3 rings (SSSR count). The normalized spacial score (nSPS) is 17.1. The molecule has 1 aliphatic rings. The fourth-order valence-corrected chi connectivity index (χ4v) is 4.12. The van der Waals surface area contributed by atoms with Gasteiger partial charge in [-0.1, -0.05) is 18.2 Å². The molecule has 2 aromatic carbocycles. The Balaban J connectivity index is 0.00000261. The minimum absolute atomic E-state index is 0. The van der Waals surface area contributed by atoms with Crippen LogP contribution in [0.25, 0.3) is 0 Å². The zero-order valence-corrected chi connectivity index (χ0v) is 16.9. The van der Waals surface area contributed by atoms with Gasteiger partial charge in [-0.15, -0.1) is 12.4 Å². The van der Waals surface area contributed by atoms with Crippen LogP contribution >= 0.6 is 12.4 Å². The molecule has 0 bridgehead atoms. The number of nitrogens with one attached hydrogen (secondary N) is 2. The average Bonchev–Trinajstić information content (AvgIpc) is 2.61. The van der Waals surface area contributed by atoms with Crippen LogP contribution in [-0.4, -0.2) is 44.9 Å². The van der Waals surface area contributed by atoms with Crippen LogP contribution in [-0.2, 0) is 10.0 Å². The molecule has 1 aliphatic heterocycles. The Morgan fingerprint density at radius 1 is 1.19 bits per heavy atom. The predicted octanol–water partition coefficient (Wildman–Crippen LogP) is 2.65. The molecule has 27 heavy (non-hydrogen) atoms. The van der Waals surface area contributed by atoms with Crippen LogP contribution in [0.4, 0.5) is 5.69 Å². The summed E-state index contributed by atoms with van der Waals surface area (Å²) in [6.45, 7) is 5.95. The Bertz CT molecular complexity index is 918. The van der Waals surface area contributed by atoms with Gasteiger partial charge in [-0.3, -0.25) is 9.52 Å². The van der Waals surface area contributed by atoms with E-state index in [-0.39, 0.29) is 29.3 Å². The van der Waals surface area contributed by atoms with Crippen molar-refractivity contribution in [3.05, 3.63) is 59.7 Å². The number of amides is 1. The van der Waals surface area contributed by atoms with E-state index in [1.165, 1.54) is 12.1 Å². The van der Waals surface area contributed by atoms with E-state index in [1.807, 2.05) is 19.9 Å². The van der Waals surface area contributed by atoms with E-state index in [2.05, 4.69) is 10.0 Å². The summed E-state index contributed by atoms with van der Waals surface area (Å²) in [6.07, 6.45) is 0. The number of hydrogen-bond donors (Lipinski definition) is 2. The Kier molecular flexibility index (Phi) is 6.86. The van der Waals surface area contributed by atoms with Crippen molar-refractivity contribution in [2.24, 2.45) is 0 Å². The monoisotopic (exact) mass is 409 g/mol. The van der Waals surface area contributed by atoms with Crippen LogP contribution < -0.4 is 10.0 Å². The van der Waals surface area contributed by atoms with E-state index in [0.29, 0.717) is 17.8 Å². The Morgan fingerprint density at radius 3 is 2.63 bits per heavy atom. The number of carbonyl (C=O) groups is 1. The first kappa shape index (κ1) is 21.2. The number of rotatable bonds is 4. The number of nitrogens with zero attached hydrogens (tertiary/aromatic N) is 1. The summed E-state index contributed by atoms with van der Waals surface area (Å²) in [7, 11) is -3.76. The largest absolute Gasteiger partial charge is 0.333 e. The molecule has 8 heteroatoms. The molecule has 0 spiro atoms. The fourth-order valence-electron chi connectivity index (χ4n) is 3.03. The molecule has 146 valence electrons. The highest BCUT2D eigenvalue weighted by atomic mass is 35.5. The summed E-state index contributed by atoms with van der Waals surface area (Å²) < 4.78 is 27.9. The molecular weight excluding hydrogens is 386 g/mol. The van der Waals surface area contributed by atoms with Gasteiger partial charge in [0.2, 0.25) is 0 Å². The summed E-state index contributed by atoms with van der Waals surface area (Å²) in [5.74, 6) is -0.147. The fraction of sp³-hybridized carbons (Fsp3) is 0.316. The molecule has 6 nitrogen and oxygen atoms in total. The number of anilines is 1. The van der Waals surface area contributed by atoms with Gasteiger partial charge in [0.05, 0.1) is 4.90 Å². The molecule has 1 fully saturated rings. The molecule has 0 radical (unpaired) electrons. The smallest absolute Gasteiger partial charge is 0.261 e. The second kappa shape index (κ2) is 8.73. The van der Waals surface area contributed by atoms with Gasteiger partial charge < -0.3 is 10.2 Å². The van der Waals surface area contributed by atoms with Crippen molar-refractivity contribution < 1.29 is 13.2 Å². The first-order valence-corrected chi connectivity index (χ1v) is 10.1. The lowest BCUT2D eigenvalue weighted by atomic mass is 10.1. The van der Waals surface area contributed by atoms with Crippen molar-refractivity contribution in [1.82, 2.24) is 10.2 Å². The summed E-state index contributed by atoms with van der Waals surface area (Å²) in [5, 5.41) is 3.24.